The van der Waals surface area contributed by atoms with E-state index >= 15 is 0 Å². The lowest BCUT2D eigenvalue weighted by atomic mass is 9.95. The lowest BCUT2D eigenvalue weighted by Crippen LogP contribution is -1.98. The van der Waals surface area contributed by atoms with Gasteiger partial charge in [0.25, 0.3) is 0 Å². The number of benzene rings is 9. The number of aromatic nitrogens is 2. The van der Waals surface area contributed by atoms with Crippen LogP contribution in [0.25, 0.3) is 110 Å². The summed E-state index contributed by atoms with van der Waals surface area (Å²) in [4.78, 5) is 0. The minimum Gasteiger partial charge on any atom is -0.455 e. The Bertz CT molecular complexity index is 3500. The third kappa shape index (κ3) is 4.79. The average Bonchev–Trinajstić information content (AvgIpc) is 3.95. The van der Waals surface area contributed by atoms with Gasteiger partial charge < -0.3 is 13.6 Å². The summed E-state index contributed by atoms with van der Waals surface area (Å²) in [6.45, 7) is 0. The quantitative estimate of drug-likeness (QED) is 0.173. The first-order valence-corrected chi connectivity index (χ1v) is 19.5. The van der Waals surface area contributed by atoms with Crippen LogP contribution in [0.2, 0.25) is 0 Å². The van der Waals surface area contributed by atoms with Crippen LogP contribution in [0.5, 0.6) is 0 Å². The summed E-state index contributed by atoms with van der Waals surface area (Å²) in [5.74, 6) is 0.890. The summed E-state index contributed by atoms with van der Waals surface area (Å²) in [7, 11) is 0. The third-order valence-electron chi connectivity index (χ3n) is 11.7. The Balaban J connectivity index is 1.06. The highest BCUT2D eigenvalue weighted by atomic mass is 16.3. The first-order valence-electron chi connectivity index (χ1n) is 19.5. The fourth-order valence-corrected chi connectivity index (χ4v) is 9.18. The van der Waals surface area contributed by atoms with Crippen LogP contribution in [0, 0.1) is 0 Å². The summed E-state index contributed by atoms with van der Waals surface area (Å²) in [6, 6.07) is 74.2. The summed E-state index contributed by atoms with van der Waals surface area (Å²) in [5, 5.41) is 8.44. The first kappa shape index (κ1) is 31.7. The Morgan fingerprint density at radius 1 is 0.333 bits per heavy atom. The highest BCUT2D eigenvalue weighted by Crippen LogP contribution is 2.45. The van der Waals surface area contributed by atoms with E-state index in [0.29, 0.717) is 0 Å². The molecule has 0 unspecified atom stereocenters. The lowest BCUT2D eigenvalue weighted by Gasteiger charge is -2.13. The fraction of sp³-hybridized carbons (Fsp3) is 0. The van der Waals surface area contributed by atoms with Crippen LogP contribution in [0.3, 0.4) is 0 Å². The van der Waals surface area contributed by atoms with Crippen LogP contribution in [0.4, 0.5) is 0 Å². The number of furan rings is 1. The topological polar surface area (TPSA) is 23.0 Å². The number of fused-ring (bicyclic) bond motifs is 9. The largest absolute Gasteiger partial charge is 0.455 e. The summed E-state index contributed by atoms with van der Waals surface area (Å²) in [5.41, 5.74) is 13.5. The minimum atomic E-state index is 0.890. The number of rotatable bonds is 5. The molecule has 0 atom stereocenters. The SMILES string of the molecule is c1ccc(-c2oc3c(-c4ccc5cc(-n6c7ccccc7c7ccc8c9ccccc9n(-c9ccccc9)c8c76)ccc5c4)cccc3c2-c2ccccc2)cc1. The molecule has 0 aliphatic carbocycles. The van der Waals surface area contributed by atoms with Gasteiger partial charge in [0.1, 0.15) is 11.3 Å². The van der Waals surface area contributed by atoms with Crippen molar-refractivity contribution in [3.05, 3.63) is 206 Å². The molecule has 0 aliphatic heterocycles. The number of hydrogen-bond donors (Lipinski definition) is 0. The van der Waals surface area contributed by atoms with E-state index in [-0.39, 0.29) is 0 Å². The molecule has 12 aromatic rings. The van der Waals surface area contributed by atoms with Crippen molar-refractivity contribution >= 4 is 65.4 Å². The predicted molar refractivity (Wildman–Crippen MR) is 239 cm³/mol. The van der Waals surface area contributed by atoms with Crippen LogP contribution in [-0.4, -0.2) is 9.13 Å². The molecule has 0 aliphatic rings. The van der Waals surface area contributed by atoms with Gasteiger partial charge in [-0.15, -0.1) is 0 Å². The number of hydrogen-bond acceptors (Lipinski definition) is 1. The van der Waals surface area contributed by atoms with Crippen LogP contribution in [-0.2, 0) is 0 Å². The van der Waals surface area contributed by atoms with Gasteiger partial charge in [0.2, 0.25) is 0 Å². The van der Waals surface area contributed by atoms with Crippen molar-refractivity contribution in [3.63, 3.8) is 0 Å². The Kier molecular flexibility index (Phi) is 6.93. The van der Waals surface area contributed by atoms with E-state index in [2.05, 4.69) is 209 Å². The van der Waals surface area contributed by atoms with Gasteiger partial charge in [0.05, 0.1) is 22.1 Å². The van der Waals surface area contributed by atoms with E-state index in [4.69, 9.17) is 4.42 Å². The fourth-order valence-electron chi connectivity index (χ4n) is 9.18. The average molecular weight is 727 g/mol. The van der Waals surface area contributed by atoms with E-state index < -0.39 is 0 Å². The third-order valence-corrected chi connectivity index (χ3v) is 11.7. The van der Waals surface area contributed by atoms with E-state index in [1.807, 2.05) is 6.07 Å². The molecule has 0 N–H and O–H groups in total. The maximum absolute atomic E-state index is 6.88. The standard InChI is InChI=1S/C54H34N2O/c1-4-15-35(16-5-1)50-47-24-14-23-42(54(47)57-53(50)36-17-6-2-7-18-36)39-28-27-38-34-41(30-29-37(38)33-39)56-49-26-13-11-22-44(49)46-32-31-45-43-21-10-12-25-48(43)55(51(45)52(46)56)40-19-8-3-9-20-40/h1-34H. The summed E-state index contributed by atoms with van der Waals surface area (Å²) >= 11 is 0. The van der Waals surface area contributed by atoms with E-state index in [1.54, 1.807) is 0 Å². The molecular weight excluding hydrogens is 693 g/mol. The van der Waals surface area contributed by atoms with Crippen LogP contribution >= 0.6 is 0 Å². The van der Waals surface area contributed by atoms with Gasteiger partial charge in [0.15, 0.2) is 0 Å². The zero-order valence-corrected chi connectivity index (χ0v) is 30.9. The molecule has 0 radical (unpaired) electrons. The molecule has 0 saturated carbocycles. The molecule has 9 aromatic carbocycles. The highest BCUT2D eigenvalue weighted by Gasteiger charge is 2.23. The van der Waals surface area contributed by atoms with Crippen molar-refractivity contribution in [2.75, 3.05) is 0 Å². The molecule has 3 aromatic heterocycles. The van der Waals surface area contributed by atoms with Crippen molar-refractivity contribution in [2.24, 2.45) is 0 Å². The van der Waals surface area contributed by atoms with Gasteiger partial charge in [-0.05, 0) is 64.4 Å². The van der Waals surface area contributed by atoms with Gasteiger partial charge in [0, 0.05) is 55.0 Å². The second-order valence-electron chi connectivity index (χ2n) is 14.9. The second kappa shape index (κ2) is 12.5. The van der Waals surface area contributed by atoms with Gasteiger partial charge >= 0.3 is 0 Å². The molecule has 0 spiro atoms. The van der Waals surface area contributed by atoms with Gasteiger partial charge in [-0.2, -0.15) is 0 Å². The van der Waals surface area contributed by atoms with Crippen molar-refractivity contribution in [2.45, 2.75) is 0 Å². The molecule has 0 saturated heterocycles. The van der Waals surface area contributed by atoms with Crippen molar-refractivity contribution in [3.8, 4) is 45.0 Å². The van der Waals surface area contributed by atoms with Crippen LogP contribution < -0.4 is 0 Å². The summed E-state index contributed by atoms with van der Waals surface area (Å²) in [6.07, 6.45) is 0. The second-order valence-corrected chi connectivity index (χ2v) is 14.9. The minimum absolute atomic E-state index is 0.890. The smallest absolute Gasteiger partial charge is 0.143 e. The molecule has 3 heteroatoms. The predicted octanol–water partition coefficient (Wildman–Crippen LogP) is 14.8. The Morgan fingerprint density at radius 3 is 1.56 bits per heavy atom. The molecule has 266 valence electrons. The first-order chi connectivity index (χ1) is 28.3. The Hall–Kier alpha value is -7.62. The molecule has 12 rings (SSSR count). The van der Waals surface area contributed by atoms with Gasteiger partial charge in [-0.3, -0.25) is 0 Å². The molecule has 0 amide bonds. The van der Waals surface area contributed by atoms with E-state index in [1.165, 1.54) is 54.4 Å². The highest BCUT2D eigenvalue weighted by molar-refractivity contribution is 6.24. The molecule has 0 bridgehead atoms. The van der Waals surface area contributed by atoms with E-state index in [9.17, 15) is 0 Å². The van der Waals surface area contributed by atoms with Crippen LogP contribution in [0.1, 0.15) is 0 Å². The number of para-hydroxylation sites is 4. The Labute approximate surface area is 328 Å². The molecule has 3 heterocycles. The maximum atomic E-state index is 6.88. The van der Waals surface area contributed by atoms with Gasteiger partial charge in [-0.25, -0.2) is 0 Å². The van der Waals surface area contributed by atoms with Crippen molar-refractivity contribution in [1.82, 2.24) is 9.13 Å². The van der Waals surface area contributed by atoms with Crippen molar-refractivity contribution in [1.29, 1.82) is 0 Å². The molecule has 0 fully saturated rings. The monoisotopic (exact) mass is 726 g/mol. The zero-order valence-electron chi connectivity index (χ0n) is 30.9. The lowest BCUT2D eigenvalue weighted by molar-refractivity contribution is 0.633. The normalized spacial score (nSPS) is 11.9. The maximum Gasteiger partial charge on any atom is 0.143 e. The number of nitrogens with zero attached hydrogens (tertiary/aromatic N) is 2. The van der Waals surface area contributed by atoms with Crippen LogP contribution in [0.15, 0.2) is 211 Å². The molecule has 3 nitrogen and oxygen atoms in total. The summed E-state index contributed by atoms with van der Waals surface area (Å²) < 4.78 is 11.8. The van der Waals surface area contributed by atoms with Crippen molar-refractivity contribution < 1.29 is 4.42 Å². The van der Waals surface area contributed by atoms with E-state index in [0.717, 1.165) is 55.9 Å². The molecule has 57 heavy (non-hydrogen) atoms. The van der Waals surface area contributed by atoms with Gasteiger partial charge in [-0.1, -0.05) is 164 Å². The molecular formula is C54H34N2O. The zero-order chi connectivity index (χ0) is 37.5. The Morgan fingerprint density at radius 2 is 0.877 bits per heavy atom.